The molecule has 0 atom stereocenters. The predicted octanol–water partition coefficient (Wildman–Crippen LogP) is 2.61. The van der Waals surface area contributed by atoms with Crippen molar-refractivity contribution in [2.75, 3.05) is 19.6 Å². The first kappa shape index (κ1) is 10.5. The fourth-order valence-electron chi connectivity index (χ4n) is 1.94. The van der Waals surface area contributed by atoms with Gasteiger partial charge in [-0.1, -0.05) is 12.6 Å². The van der Waals surface area contributed by atoms with Crippen LogP contribution in [-0.4, -0.2) is 28.4 Å². The summed E-state index contributed by atoms with van der Waals surface area (Å²) in [7, 11) is 0. The molecular formula is C9H18NS2+. The van der Waals surface area contributed by atoms with Crippen LogP contribution in [0.15, 0.2) is 0 Å². The van der Waals surface area contributed by atoms with Gasteiger partial charge in [-0.25, -0.2) is 0 Å². The highest BCUT2D eigenvalue weighted by Crippen LogP contribution is 2.20. The van der Waals surface area contributed by atoms with Crippen LogP contribution < -0.4 is 0 Å². The van der Waals surface area contributed by atoms with Crippen molar-refractivity contribution in [3.05, 3.63) is 0 Å². The van der Waals surface area contributed by atoms with E-state index in [1.54, 1.807) is 0 Å². The summed E-state index contributed by atoms with van der Waals surface area (Å²) < 4.78 is 1.86. The van der Waals surface area contributed by atoms with Crippen LogP contribution in [-0.2, 0) is 0 Å². The van der Waals surface area contributed by atoms with Gasteiger partial charge in [0, 0.05) is 0 Å². The minimum Gasteiger partial charge on any atom is -0.276 e. The summed E-state index contributed by atoms with van der Waals surface area (Å²) in [5.41, 5.74) is 0. The maximum Gasteiger partial charge on any atom is 0.230 e. The summed E-state index contributed by atoms with van der Waals surface area (Å²) in [6.45, 7) is 5.74. The zero-order valence-electron chi connectivity index (χ0n) is 7.75. The van der Waals surface area contributed by atoms with Gasteiger partial charge in [0.25, 0.3) is 0 Å². The van der Waals surface area contributed by atoms with Gasteiger partial charge in [0.05, 0.1) is 19.6 Å². The van der Waals surface area contributed by atoms with Gasteiger partial charge in [0.1, 0.15) is 0 Å². The monoisotopic (exact) mass is 204 g/mol. The van der Waals surface area contributed by atoms with Crippen molar-refractivity contribution in [2.45, 2.75) is 32.6 Å². The second-order valence-corrected chi connectivity index (χ2v) is 4.72. The van der Waals surface area contributed by atoms with Crippen LogP contribution in [0.4, 0.5) is 0 Å². The minimum absolute atomic E-state index is 0.888. The van der Waals surface area contributed by atoms with Crippen molar-refractivity contribution in [2.24, 2.45) is 0 Å². The normalized spacial score (nSPS) is 23.2. The van der Waals surface area contributed by atoms with E-state index in [0.29, 0.717) is 0 Å². The van der Waals surface area contributed by atoms with Crippen LogP contribution in [0.2, 0.25) is 0 Å². The zero-order chi connectivity index (χ0) is 9.03. The van der Waals surface area contributed by atoms with Gasteiger partial charge in [-0.15, -0.1) is 0 Å². The van der Waals surface area contributed by atoms with Gasteiger partial charge >= 0.3 is 0 Å². The first-order valence-electron chi connectivity index (χ1n) is 4.81. The molecule has 0 aromatic rings. The zero-order valence-corrected chi connectivity index (χ0v) is 9.46. The SMILES string of the molecule is CC[N+]1(C(=S)S)CCCCCC1. The number of hydrogen-bond acceptors (Lipinski definition) is 1. The fraction of sp³-hybridized carbons (Fsp3) is 0.889. The number of thiocarbonyl (C=S) groups is 1. The Morgan fingerprint density at radius 2 is 1.75 bits per heavy atom. The van der Waals surface area contributed by atoms with Crippen molar-refractivity contribution in [1.82, 2.24) is 0 Å². The van der Waals surface area contributed by atoms with Crippen molar-refractivity contribution >= 4 is 29.2 Å². The molecule has 0 radical (unpaired) electrons. The number of hydrogen-bond donors (Lipinski definition) is 1. The lowest BCUT2D eigenvalue weighted by atomic mass is 10.2. The van der Waals surface area contributed by atoms with Gasteiger partial charge < -0.3 is 0 Å². The lowest BCUT2D eigenvalue weighted by Gasteiger charge is -2.34. The Bertz CT molecular complexity index is 160. The lowest BCUT2D eigenvalue weighted by Crippen LogP contribution is -2.50. The van der Waals surface area contributed by atoms with Crippen LogP contribution in [0.5, 0.6) is 0 Å². The van der Waals surface area contributed by atoms with E-state index in [2.05, 4.69) is 19.6 Å². The molecule has 70 valence electrons. The Morgan fingerprint density at radius 1 is 1.25 bits per heavy atom. The fourth-order valence-corrected chi connectivity index (χ4v) is 2.59. The van der Waals surface area contributed by atoms with Crippen LogP contribution >= 0.6 is 24.8 Å². The highest BCUT2D eigenvalue weighted by atomic mass is 32.1. The molecule has 1 rings (SSSR count). The van der Waals surface area contributed by atoms with E-state index < -0.39 is 0 Å². The molecule has 0 aromatic carbocycles. The summed E-state index contributed by atoms with van der Waals surface area (Å²) in [5, 5.41) is 0. The molecule has 1 nitrogen and oxygen atoms in total. The molecule has 0 bridgehead atoms. The van der Waals surface area contributed by atoms with E-state index >= 15 is 0 Å². The lowest BCUT2D eigenvalue weighted by molar-refractivity contribution is -0.832. The molecule has 0 spiro atoms. The topological polar surface area (TPSA) is 0 Å². The van der Waals surface area contributed by atoms with Gasteiger partial charge in [0.15, 0.2) is 0 Å². The molecule has 1 aliphatic rings. The highest BCUT2D eigenvalue weighted by molar-refractivity contribution is 8.10. The van der Waals surface area contributed by atoms with Crippen molar-refractivity contribution in [3.63, 3.8) is 0 Å². The molecule has 1 heterocycles. The van der Waals surface area contributed by atoms with E-state index in [0.717, 1.165) is 15.3 Å². The van der Waals surface area contributed by atoms with Crippen LogP contribution in [0, 0.1) is 0 Å². The van der Waals surface area contributed by atoms with Crippen molar-refractivity contribution < 1.29 is 4.48 Å². The predicted molar refractivity (Wildman–Crippen MR) is 60.6 cm³/mol. The molecular weight excluding hydrogens is 186 g/mol. The average Bonchev–Trinajstić information content (AvgIpc) is 2.29. The third kappa shape index (κ3) is 2.21. The van der Waals surface area contributed by atoms with E-state index in [-0.39, 0.29) is 0 Å². The van der Waals surface area contributed by atoms with Gasteiger partial charge in [-0.2, -0.15) is 0 Å². The second kappa shape index (κ2) is 4.58. The Morgan fingerprint density at radius 3 is 2.08 bits per heavy atom. The summed E-state index contributed by atoms with van der Waals surface area (Å²) in [6, 6.07) is 0. The number of rotatable bonds is 1. The van der Waals surface area contributed by atoms with Crippen LogP contribution in [0.3, 0.4) is 0 Å². The Balaban J connectivity index is 2.68. The van der Waals surface area contributed by atoms with E-state index in [1.165, 1.54) is 38.8 Å². The number of thiol groups is 1. The summed E-state index contributed by atoms with van der Waals surface area (Å²) >= 11 is 9.58. The molecule has 1 aliphatic heterocycles. The molecule has 0 N–H and O–H groups in total. The molecule has 0 aliphatic carbocycles. The largest absolute Gasteiger partial charge is 0.276 e. The summed E-state index contributed by atoms with van der Waals surface area (Å²) in [4.78, 5) is 0. The smallest absolute Gasteiger partial charge is 0.230 e. The first-order valence-corrected chi connectivity index (χ1v) is 5.66. The first-order chi connectivity index (χ1) is 5.71. The quantitative estimate of drug-likeness (QED) is 0.389. The van der Waals surface area contributed by atoms with E-state index in [1.807, 2.05) is 0 Å². The molecule has 0 aromatic heterocycles. The second-order valence-electron chi connectivity index (χ2n) is 3.61. The third-order valence-electron chi connectivity index (χ3n) is 2.93. The highest BCUT2D eigenvalue weighted by Gasteiger charge is 2.29. The van der Waals surface area contributed by atoms with Gasteiger partial charge in [-0.05, 0) is 44.8 Å². The summed E-state index contributed by atoms with van der Waals surface area (Å²) in [5.74, 6) is 0. The van der Waals surface area contributed by atoms with E-state index in [4.69, 9.17) is 12.2 Å². The molecule has 0 saturated carbocycles. The molecule has 12 heavy (non-hydrogen) atoms. The Hall–Kier alpha value is 0.400. The van der Waals surface area contributed by atoms with Crippen LogP contribution in [0.25, 0.3) is 0 Å². The van der Waals surface area contributed by atoms with E-state index in [9.17, 15) is 0 Å². The Labute approximate surface area is 86.1 Å². The Kier molecular flexibility index (Phi) is 4.00. The van der Waals surface area contributed by atoms with Crippen molar-refractivity contribution in [1.29, 1.82) is 0 Å². The summed E-state index contributed by atoms with van der Waals surface area (Å²) in [6.07, 6.45) is 5.37. The molecule has 0 amide bonds. The molecule has 3 heteroatoms. The van der Waals surface area contributed by atoms with Gasteiger partial charge in [-0.3, -0.25) is 4.48 Å². The minimum atomic E-state index is 0.888. The maximum absolute atomic E-state index is 5.22. The number of quaternary nitrogens is 1. The molecule has 1 saturated heterocycles. The standard InChI is InChI=1S/C9H17NS2/c1-2-10(9(11)12)7-5-3-4-6-8-10/h2-8H2,1H3/p+1. The number of nitrogens with zero attached hydrogens (tertiary/aromatic N) is 1. The molecule has 0 unspecified atom stereocenters. The maximum atomic E-state index is 5.22. The third-order valence-corrected chi connectivity index (χ3v) is 3.74. The van der Waals surface area contributed by atoms with Gasteiger partial charge in [0.2, 0.25) is 4.32 Å². The number of likely N-dealkylation sites (tertiary alicyclic amines) is 1. The van der Waals surface area contributed by atoms with Crippen molar-refractivity contribution in [3.8, 4) is 0 Å². The average molecular weight is 204 g/mol. The molecule has 1 fully saturated rings. The van der Waals surface area contributed by atoms with Crippen LogP contribution in [0.1, 0.15) is 32.6 Å².